The first-order valence-electron chi connectivity index (χ1n) is 8.55. The smallest absolute Gasteiger partial charge is 0.264 e. The summed E-state index contributed by atoms with van der Waals surface area (Å²) in [6.45, 7) is 1.98. The van der Waals surface area contributed by atoms with E-state index in [0.717, 1.165) is 18.8 Å². The summed E-state index contributed by atoms with van der Waals surface area (Å²) in [5.41, 5.74) is 2.01. The van der Waals surface area contributed by atoms with E-state index in [-0.39, 0.29) is 17.6 Å². The number of ether oxygens (including phenoxy) is 1. The lowest BCUT2D eigenvalue weighted by molar-refractivity contribution is -0.121. The molecule has 0 aromatic heterocycles. The first kappa shape index (κ1) is 19.7. The van der Waals surface area contributed by atoms with Crippen LogP contribution in [0.25, 0.3) is 0 Å². The molecule has 1 heterocycles. The highest BCUT2D eigenvalue weighted by molar-refractivity contribution is 7.80. The zero-order chi connectivity index (χ0) is 19.2. The number of benzene rings is 2. The van der Waals surface area contributed by atoms with Crippen LogP contribution in [0.15, 0.2) is 42.5 Å². The monoisotopic (exact) mass is 423 g/mol. The van der Waals surface area contributed by atoms with E-state index >= 15 is 0 Å². The van der Waals surface area contributed by atoms with Crippen molar-refractivity contribution in [2.24, 2.45) is 0 Å². The van der Waals surface area contributed by atoms with Crippen LogP contribution in [0.4, 0.5) is 11.4 Å². The molecule has 27 heavy (non-hydrogen) atoms. The zero-order valence-corrected chi connectivity index (χ0v) is 16.8. The maximum Gasteiger partial charge on any atom is 0.264 e. The van der Waals surface area contributed by atoms with Gasteiger partial charge in [0.2, 0.25) is 0 Å². The normalized spacial score (nSPS) is 13.3. The summed E-state index contributed by atoms with van der Waals surface area (Å²) in [6.07, 6.45) is 2.47. The number of thiocarbonyl (C=S) groups is 1. The van der Waals surface area contributed by atoms with Crippen LogP contribution in [0.5, 0.6) is 5.75 Å². The Balaban J connectivity index is 1.46. The predicted octanol–water partition coefficient (Wildman–Crippen LogP) is 4.49. The van der Waals surface area contributed by atoms with Crippen LogP contribution in [-0.4, -0.2) is 30.7 Å². The van der Waals surface area contributed by atoms with Crippen molar-refractivity contribution in [2.75, 3.05) is 29.9 Å². The lowest BCUT2D eigenvalue weighted by Gasteiger charge is -2.18. The van der Waals surface area contributed by atoms with E-state index in [2.05, 4.69) is 15.5 Å². The minimum atomic E-state index is -0.382. The van der Waals surface area contributed by atoms with Gasteiger partial charge >= 0.3 is 0 Å². The Labute approximate surface area is 173 Å². The lowest BCUT2D eigenvalue weighted by Crippen LogP contribution is -2.37. The minimum Gasteiger partial charge on any atom is -0.482 e. The molecule has 1 aliphatic heterocycles. The number of amides is 1. The molecule has 0 spiro atoms. The molecule has 1 amide bonds. The molecule has 1 fully saturated rings. The van der Waals surface area contributed by atoms with Gasteiger partial charge in [0.15, 0.2) is 11.7 Å². The molecule has 2 aromatic rings. The van der Waals surface area contributed by atoms with Crippen LogP contribution in [0, 0.1) is 0 Å². The second kappa shape index (κ2) is 9.26. The average Bonchev–Trinajstić information content (AvgIpc) is 3.16. The van der Waals surface area contributed by atoms with Crippen LogP contribution in [0.3, 0.4) is 0 Å². The van der Waals surface area contributed by atoms with E-state index in [1.165, 1.54) is 18.5 Å². The van der Waals surface area contributed by atoms with Gasteiger partial charge in [-0.15, -0.1) is 0 Å². The number of anilines is 2. The van der Waals surface area contributed by atoms with Crippen molar-refractivity contribution in [3.8, 4) is 5.75 Å². The molecule has 142 valence electrons. The largest absolute Gasteiger partial charge is 0.482 e. The van der Waals surface area contributed by atoms with Gasteiger partial charge in [-0.1, -0.05) is 23.2 Å². The average molecular weight is 424 g/mol. The quantitative estimate of drug-likeness (QED) is 0.693. The third-order valence-electron chi connectivity index (χ3n) is 4.10. The second-order valence-corrected chi connectivity index (χ2v) is 7.36. The van der Waals surface area contributed by atoms with Crippen molar-refractivity contribution in [1.29, 1.82) is 0 Å². The Bertz CT molecular complexity index is 824. The summed E-state index contributed by atoms with van der Waals surface area (Å²) in [7, 11) is 0. The molecule has 5 nitrogen and oxygen atoms in total. The standard InChI is InChI=1S/C19H19Cl2N3O2S/c20-13-3-8-17(16(21)11-13)26-12-18(25)23-19(27)22-14-4-6-15(7-5-14)24-9-1-2-10-24/h3-8,11H,1-2,9-10,12H2,(H2,22,23,25,27). The van der Waals surface area contributed by atoms with Crippen molar-refractivity contribution in [1.82, 2.24) is 5.32 Å². The SMILES string of the molecule is O=C(COc1ccc(Cl)cc1Cl)NC(=S)Nc1ccc(N2CCCC2)cc1. The summed E-state index contributed by atoms with van der Waals surface area (Å²) in [4.78, 5) is 14.3. The van der Waals surface area contributed by atoms with Gasteiger partial charge in [-0.3, -0.25) is 10.1 Å². The number of halogens is 2. The van der Waals surface area contributed by atoms with Crippen molar-refractivity contribution >= 4 is 57.8 Å². The van der Waals surface area contributed by atoms with Gasteiger partial charge in [-0.25, -0.2) is 0 Å². The van der Waals surface area contributed by atoms with Crippen LogP contribution in [0.2, 0.25) is 10.0 Å². The Morgan fingerprint density at radius 3 is 2.48 bits per heavy atom. The first-order chi connectivity index (χ1) is 13.0. The molecule has 0 aliphatic carbocycles. The molecular weight excluding hydrogens is 405 g/mol. The summed E-state index contributed by atoms with van der Waals surface area (Å²) in [5.74, 6) is -0.000186. The van der Waals surface area contributed by atoms with E-state index in [0.29, 0.717) is 15.8 Å². The molecule has 2 aromatic carbocycles. The highest BCUT2D eigenvalue weighted by atomic mass is 35.5. The van der Waals surface area contributed by atoms with Crippen molar-refractivity contribution in [3.63, 3.8) is 0 Å². The fraction of sp³-hybridized carbons (Fsp3) is 0.263. The second-order valence-electron chi connectivity index (χ2n) is 6.11. The van der Waals surface area contributed by atoms with E-state index in [1.54, 1.807) is 18.2 Å². The number of hydrogen-bond acceptors (Lipinski definition) is 4. The molecule has 2 N–H and O–H groups in total. The van der Waals surface area contributed by atoms with Crippen LogP contribution < -0.4 is 20.3 Å². The molecule has 0 bridgehead atoms. The number of carbonyl (C=O) groups excluding carboxylic acids is 1. The summed E-state index contributed by atoms with van der Waals surface area (Å²) in [5, 5.41) is 6.61. The van der Waals surface area contributed by atoms with Gasteiger partial charge in [0, 0.05) is 29.5 Å². The Morgan fingerprint density at radius 1 is 1.11 bits per heavy atom. The zero-order valence-electron chi connectivity index (χ0n) is 14.5. The molecule has 8 heteroatoms. The predicted molar refractivity (Wildman–Crippen MR) is 114 cm³/mol. The van der Waals surface area contributed by atoms with Crippen molar-refractivity contribution in [2.45, 2.75) is 12.8 Å². The van der Waals surface area contributed by atoms with Crippen LogP contribution in [-0.2, 0) is 4.79 Å². The van der Waals surface area contributed by atoms with Gasteiger partial charge in [0.1, 0.15) is 5.75 Å². The van der Waals surface area contributed by atoms with Gasteiger partial charge in [-0.2, -0.15) is 0 Å². The van der Waals surface area contributed by atoms with Gasteiger partial charge in [0.05, 0.1) is 5.02 Å². The van der Waals surface area contributed by atoms with Gasteiger partial charge in [0.25, 0.3) is 5.91 Å². The summed E-state index contributed by atoms with van der Waals surface area (Å²) >= 11 is 17.0. The highest BCUT2D eigenvalue weighted by Gasteiger charge is 2.12. The van der Waals surface area contributed by atoms with E-state index in [4.69, 9.17) is 40.2 Å². The van der Waals surface area contributed by atoms with E-state index < -0.39 is 0 Å². The Kier molecular flexibility index (Phi) is 6.77. The third kappa shape index (κ3) is 5.73. The number of nitrogens with one attached hydrogen (secondary N) is 2. The third-order valence-corrected chi connectivity index (χ3v) is 4.84. The summed E-state index contributed by atoms with van der Waals surface area (Å²) < 4.78 is 5.38. The highest BCUT2D eigenvalue weighted by Crippen LogP contribution is 2.27. The van der Waals surface area contributed by atoms with Gasteiger partial charge in [-0.05, 0) is 67.5 Å². The first-order valence-corrected chi connectivity index (χ1v) is 9.71. The molecule has 0 unspecified atom stereocenters. The van der Waals surface area contributed by atoms with Crippen LogP contribution in [0.1, 0.15) is 12.8 Å². The molecule has 1 saturated heterocycles. The molecular formula is C19H19Cl2N3O2S. The van der Waals surface area contributed by atoms with Crippen LogP contribution >= 0.6 is 35.4 Å². The number of carbonyl (C=O) groups is 1. The lowest BCUT2D eigenvalue weighted by atomic mass is 10.2. The fourth-order valence-corrected chi connectivity index (χ4v) is 3.49. The maximum absolute atomic E-state index is 12.0. The molecule has 0 atom stereocenters. The number of rotatable bonds is 5. The van der Waals surface area contributed by atoms with Gasteiger partial charge < -0.3 is 15.0 Å². The molecule has 0 radical (unpaired) electrons. The fourth-order valence-electron chi connectivity index (χ4n) is 2.79. The Hall–Kier alpha value is -2.02. The van der Waals surface area contributed by atoms with E-state index in [9.17, 15) is 4.79 Å². The maximum atomic E-state index is 12.0. The van der Waals surface area contributed by atoms with E-state index in [1.807, 2.05) is 24.3 Å². The molecule has 0 saturated carbocycles. The minimum absolute atomic E-state index is 0.208. The summed E-state index contributed by atoms with van der Waals surface area (Å²) in [6, 6.07) is 12.8. The Morgan fingerprint density at radius 2 is 1.81 bits per heavy atom. The number of hydrogen-bond donors (Lipinski definition) is 2. The molecule has 3 rings (SSSR count). The van der Waals surface area contributed by atoms with Crippen molar-refractivity contribution in [3.05, 3.63) is 52.5 Å². The topological polar surface area (TPSA) is 53.6 Å². The van der Waals surface area contributed by atoms with Crippen molar-refractivity contribution < 1.29 is 9.53 Å². The molecule has 1 aliphatic rings. The number of nitrogens with zero attached hydrogens (tertiary/aromatic N) is 1.